The van der Waals surface area contributed by atoms with Gasteiger partial charge in [-0.05, 0) is 99.5 Å². The van der Waals surface area contributed by atoms with Gasteiger partial charge in [0, 0.05) is 42.5 Å². The molecule has 2 N–H and O–H groups in total. The molecule has 2 bridgehead atoms. The molecule has 8 rings (SSSR count). The van der Waals surface area contributed by atoms with Gasteiger partial charge in [-0.15, -0.1) is 0 Å². The van der Waals surface area contributed by atoms with Gasteiger partial charge in [0.2, 0.25) is 5.88 Å². The Hall–Kier alpha value is -3.92. The number of rotatable bonds is 5. The molecule has 2 unspecified atom stereocenters. The summed E-state index contributed by atoms with van der Waals surface area (Å²) in [7, 11) is 0. The highest BCUT2D eigenvalue weighted by Gasteiger charge is 2.45. The van der Waals surface area contributed by atoms with E-state index in [1.54, 1.807) is 18.2 Å². The van der Waals surface area contributed by atoms with Crippen molar-refractivity contribution in [3.05, 3.63) is 58.0 Å². The Bertz CT molecular complexity index is 1720. The number of aromatic hydroxyl groups is 1. The number of nitriles is 2. The van der Waals surface area contributed by atoms with Crippen LogP contribution >= 0.6 is 0 Å². The summed E-state index contributed by atoms with van der Waals surface area (Å²) < 4.78 is 21.5. The molecule has 0 spiro atoms. The number of fused-ring (bicyclic) bond motifs is 5. The van der Waals surface area contributed by atoms with Crippen molar-refractivity contribution < 1.29 is 14.2 Å². The third-order valence-electron chi connectivity index (χ3n) is 11.1. The van der Waals surface area contributed by atoms with E-state index in [1.165, 1.54) is 31.7 Å². The predicted molar refractivity (Wildman–Crippen MR) is 164 cm³/mol. The van der Waals surface area contributed by atoms with Gasteiger partial charge in [-0.2, -0.15) is 10.5 Å². The van der Waals surface area contributed by atoms with Crippen molar-refractivity contribution in [2.45, 2.75) is 87.9 Å². The second kappa shape index (κ2) is 10.6. The minimum atomic E-state index is -0.586. The number of nitrogens with one attached hydrogen (secondary N) is 1. The van der Waals surface area contributed by atoms with E-state index in [0.29, 0.717) is 72.0 Å². The molecule has 5 aliphatic heterocycles. The number of pyridine rings is 1. The molecule has 44 heavy (non-hydrogen) atoms. The van der Waals surface area contributed by atoms with Crippen LogP contribution < -0.4 is 15.0 Å². The highest BCUT2D eigenvalue weighted by Crippen LogP contribution is 2.45. The maximum absolute atomic E-state index is 14.8. The Balaban J connectivity index is 1.22. The molecule has 3 aromatic rings. The molecule has 1 aromatic heterocycles. The lowest BCUT2D eigenvalue weighted by Crippen LogP contribution is -2.43. The minimum Gasteiger partial charge on any atom is -0.508 e. The van der Waals surface area contributed by atoms with Crippen LogP contribution in [0.3, 0.4) is 0 Å². The van der Waals surface area contributed by atoms with E-state index in [9.17, 15) is 20.0 Å². The van der Waals surface area contributed by atoms with E-state index in [-0.39, 0.29) is 16.9 Å². The molecular formula is C35H37FN6O2. The van der Waals surface area contributed by atoms with Crippen molar-refractivity contribution in [1.29, 1.82) is 10.5 Å². The van der Waals surface area contributed by atoms with Crippen molar-refractivity contribution in [2.24, 2.45) is 0 Å². The van der Waals surface area contributed by atoms with E-state index in [0.717, 1.165) is 55.6 Å². The molecule has 2 aromatic carbocycles. The van der Waals surface area contributed by atoms with E-state index in [4.69, 9.17) is 9.72 Å². The lowest BCUT2D eigenvalue weighted by molar-refractivity contribution is 0.110. The first-order valence-corrected chi connectivity index (χ1v) is 16.2. The SMILES string of the molecule is N#Cc1c(OCC23CCCN2CCC3)nc(C2CC3CCC(C2)N3)c2c1CN(c1cc(O)cc3ccc(F)c(C#N)c13)CC2. The monoisotopic (exact) mass is 592 g/mol. The molecule has 4 saturated heterocycles. The molecule has 8 nitrogen and oxygen atoms in total. The largest absolute Gasteiger partial charge is 0.508 e. The fourth-order valence-corrected chi connectivity index (χ4v) is 9.11. The maximum Gasteiger partial charge on any atom is 0.232 e. The number of benzene rings is 2. The van der Waals surface area contributed by atoms with Crippen LogP contribution in [0.25, 0.3) is 10.8 Å². The van der Waals surface area contributed by atoms with E-state index in [2.05, 4.69) is 21.2 Å². The number of hydrogen-bond acceptors (Lipinski definition) is 8. The fraction of sp³-hybridized carbons (Fsp3) is 0.514. The van der Waals surface area contributed by atoms with Crippen LogP contribution in [-0.2, 0) is 13.0 Å². The van der Waals surface area contributed by atoms with Crippen molar-refractivity contribution in [2.75, 3.05) is 31.1 Å². The lowest BCUT2D eigenvalue weighted by Gasteiger charge is -2.37. The average molecular weight is 593 g/mol. The number of phenolic OH excluding ortho intramolecular Hbond substituents is 1. The maximum atomic E-state index is 14.8. The number of ether oxygens (including phenoxy) is 1. The number of nitrogens with zero attached hydrogens (tertiary/aromatic N) is 5. The molecule has 0 amide bonds. The Morgan fingerprint density at radius 2 is 1.77 bits per heavy atom. The molecule has 0 aliphatic carbocycles. The average Bonchev–Trinajstić information content (AvgIpc) is 3.72. The van der Waals surface area contributed by atoms with Crippen LogP contribution in [0, 0.1) is 28.5 Å². The van der Waals surface area contributed by atoms with Crippen LogP contribution in [-0.4, -0.2) is 58.9 Å². The zero-order chi connectivity index (χ0) is 30.0. The molecule has 2 atom stereocenters. The summed E-state index contributed by atoms with van der Waals surface area (Å²) in [5, 5.41) is 36.0. The van der Waals surface area contributed by atoms with Gasteiger partial charge in [0.05, 0.1) is 22.5 Å². The zero-order valence-electron chi connectivity index (χ0n) is 24.9. The molecule has 5 aliphatic rings. The van der Waals surface area contributed by atoms with E-state index < -0.39 is 5.82 Å². The second-order valence-corrected chi connectivity index (χ2v) is 13.5. The normalized spacial score (nSPS) is 25.4. The van der Waals surface area contributed by atoms with Gasteiger partial charge in [-0.25, -0.2) is 9.37 Å². The van der Waals surface area contributed by atoms with Crippen molar-refractivity contribution in [1.82, 2.24) is 15.2 Å². The first-order valence-electron chi connectivity index (χ1n) is 16.2. The number of piperidine rings is 1. The quantitative estimate of drug-likeness (QED) is 0.406. The first-order chi connectivity index (χ1) is 21.5. The van der Waals surface area contributed by atoms with Gasteiger partial charge in [0.1, 0.15) is 35.9 Å². The van der Waals surface area contributed by atoms with Gasteiger partial charge in [-0.3, -0.25) is 4.90 Å². The van der Waals surface area contributed by atoms with Crippen LogP contribution in [0.4, 0.5) is 10.1 Å². The predicted octanol–water partition coefficient (Wildman–Crippen LogP) is 5.39. The van der Waals surface area contributed by atoms with E-state index >= 15 is 0 Å². The molecular weight excluding hydrogens is 555 g/mol. The van der Waals surface area contributed by atoms with Crippen molar-refractivity contribution in [3.8, 4) is 23.8 Å². The van der Waals surface area contributed by atoms with Crippen LogP contribution in [0.5, 0.6) is 11.6 Å². The highest BCUT2D eigenvalue weighted by atomic mass is 19.1. The van der Waals surface area contributed by atoms with Gasteiger partial charge < -0.3 is 20.1 Å². The van der Waals surface area contributed by atoms with Crippen LogP contribution in [0.15, 0.2) is 24.3 Å². The van der Waals surface area contributed by atoms with E-state index in [1.807, 2.05) is 6.07 Å². The van der Waals surface area contributed by atoms with Crippen LogP contribution in [0.1, 0.15) is 85.2 Å². The fourth-order valence-electron chi connectivity index (χ4n) is 9.11. The summed E-state index contributed by atoms with van der Waals surface area (Å²) in [6.07, 6.45) is 9.68. The number of halogens is 1. The third-order valence-corrected chi connectivity index (χ3v) is 11.1. The molecule has 0 radical (unpaired) electrons. The number of anilines is 1. The third kappa shape index (κ3) is 4.40. The first kappa shape index (κ1) is 27.6. The summed E-state index contributed by atoms with van der Waals surface area (Å²) in [4.78, 5) is 9.84. The van der Waals surface area contributed by atoms with Gasteiger partial charge >= 0.3 is 0 Å². The smallest absolute Gasteiger partial charge is 0.232 e. The second-order valence-electron chi connectivity index (χ2n) is 13.5. The topological polar surface area (TPSA) is 108 Å². The highest BCUT2D eigenvalue weighted by molar-refractivity contribution is 6.00. The summed E-state index contributed by atoms with van der Waals surface area (Å²) in [5.74, 6) is 0.206. The number of aromatic nitrogens is 1. The van der Waals surface area contributed by atoms with Gasteiger partial charge in [0.15, 0.2) is 0 Å². The minimum absolute atomic E-state index is 0.0304. The molecule has 4 fully saturated rings. The number of hydrogen-bond donors (Lipinski definition) is 2. The molecule has 0 saturated carbocycles. The summed E-state index contributed by atoms with van der Waals surface area (Å²) in [6.45, 7) is 3.73. The Kier molecular flexibility index (Phi) is 6.66. The zero-order valence-corrected chi connectivity index (χ0v) is 24.9. The summed E-state index contributed by atoms with van der Waals surface area (Å²) in [5.41, 5.74) is 4.17. The molecule has 226 valence electrons. The van der Waals surface area contributed by atoms with Crippen molar-refractivity contribution >= 4 is 16.5 Å². The Labute approximate surface area is 257 Å². The Morgan fingerprint density at radius 1 is 1.02 bits per heavy atom. The molecule has 9 heteroatoms. The lowest BCUT2D eigenvalue weighted by atomic mass is 9.83. The van der Waals surface area contributed by atoms with Gasteiger partial charge in [0.25, 0.3) is 0 Å². The van der Waals surface area contributed by atoms with Gasteiger partial charge in [-0.1, -0.05) is 6.07 Å². The summed E-state index contributed by atoms with van der Waals surface area (Å²) >= 11 is 0. The van der Waals surface area contributed by atoms with Crippen LogP contribution in [0.2, 0.25) is 0 Å². The standard InChI is InChI=1S/C35H37FN6O2/c36-30-6-3-21-15-25(43)16-31(32(21)28(30)18-38)41-12-7-26-29(19-41)27(17-37)34(44-20-35-8-1-10-42(35)11-2-9-35)40-33(26)22-13-23-4-5-24(14-22)39-23/h3,6,15-16,22-24,39,43H,1-2,4-5,7-14,19-20H2. The summed E-state index contributed by atoms with van der Waals surface area (Å²) in [6, 6.07) is 11.5. The van der Waals surface area contributed by atoms with Crippen molar-refractivity contribution in [3.63, 3.8) is 0 Å². The Morgan fingerprint density at radius 3 is 2.50 bits per heavy atom. The number of phenols is 1. The molecule has 6 heterocycles.